The van der Waals surface area contributed by atoms with Gasteiger partial charge >= 0.3 is 5.97 Å². The van der Waals surface area contributed by atoms with E-state index in [1.54, 1.807) is 23.4 Å². The van der Waals surface area contributed by atoms with Gasteiger partial charge in [0, 0.05) is 80.6 Å². The maximum Gasteiger partial charge on any atom is 0.339 e. The molecular weight excluding hydrogens is 598 g/mol. The fourth-order valence-corrected chi connectivity index (χ4v) is 7.91. The lowest BCUT2D eigenvalue weighted by Gasteiger charge is -2.39. The number of hydrogen-bond acceptors (Lipinski definition) is 8. The summed E-state index contributed by atoms with van der Waals surface area (Å²) >= 11 is 1.91. The van der Waals surface area contributed by atoms with Gasteiger partial charge in [-0.1, -0.05) is 19.4 Å². The maximum absolute atomic E-state index is 12.0. The highest BCUT2D eigenvalue weighted by molar-refractivity contribution is 7.11. The molecule has 0 radical (unpaired) electrons. The second kappa shape index (κ2) is 13.2. The number of hydrogen-bond donors (Lipinski definition) is 2. The van der Waals surface area contributed by atoms with Crippen molar-refractivity contribution in [2.24, 2.45) is 5.41 Å². The summed E-state index contributed by atoms with van der Waals surface area (Å²) in [6, 6.07) is 11.6. The highest BCUT2D eigenvalue weighted by Gasteiger charge is 2.30. The third-order valence-electron chi connectivity index (χ3n) is 9.60. The summed E-state index contributed by atoms with van der Waals surface area (Å²) in [5.74, 6) is -0.177. The van der Waals surface area contributed by atoms with Gasteiger partial charge in [0.05, 0.1) is 19.4 Å². The van der Waals surface area contributed by atoms with Crippen molar-refractivity contribution in [2.75, 3.05) is 63.9 Å². The average molecular weight is 642 g/mol. The molecule has 2 saturated heterocycles. The van der Waals surface area contributed by atoms with E-state index in [1.807, 2.05) is 41.8 Å². The number of thiophene rings is 1. The predicted molar refractivity (Wildman–Crippen MR) is 183 cm³/mol. The van der Waals surface area contributed by atoms with Crippen LogP contribution in [0.3, 0.4) is 0 Å². The number of carbonyl (C=O) groups is 1. The van der Waals surface area contributed by atoms with Crippen molar-refractivity contribution in [1.82, 2.24) is 19.8 Å². The van der Waals surface area contributed by atoms with Gasteiger partial charge in [-0.15, -0.1) is 11.3 Å². The Labute approximate surface area is 274 Å². The molecular formula is C36H43N5O4S. The summed E-state index contributed by atoms with van der Waals surface area (Å²) < 4.78 is 11.7. The first-order valence-corrected chi connectivity index (χ1v) is 17.2. The van der Waals surface area contributed by atoms with Crippen molar-refractivity contribution in [3.05, 3.63) is 75.7 Å². The zero-order valence-electron chi connectivity index (χ0n) is 26.8. The third kappa shape index (κ3) is 7.00. The average Bonchev–Trinajstić information content (AvgIpc) is 3.72. The number of benzene rings is 1. The highest BCUT2D eigenvalue weighted by atomic mass is 32.1. The van der Waals surface area contributed by atoms with Crippen LogP contribution in [-0.4, -0.2) is 89.9 Å². The zero-order valence-corrected chi connectivity index (χ0v) is 27.6. The molecule has 0 amide bonds. The second-order valence-corrected chi connectivity index (χ2v) is 14.5. The molecule has 46 heavy (non-hydrogen) atoms. The van der Waals surface area contributed by atoms with Crippen LogP contribution in [0.15, 0.2) is 59.7 Å². The van der Waals surface area contributed by atoms with Crippen LogP contribution < -0.4 is 9.64 Å². The number of H-pyrrole nitrogens is 1. The fraction of sp³-hybridized carbons (Fsp3) is 0.444. The monoisotopic (exact) mass is 641 g/mol. The van der Waals surface area contributed by atoms with Gasteiger partial charge in [-0.05, 0) is 71.5 Å². The minimum absolute atomic E-state index is 0.137. The number of carboxylic acids is 1. The number of ether oxygens (including phenoxy) is 2. The number of nitrogens with zero attached hydrogens (tertiary/aromatic N) is 4. The van der Waals surface area contributed by atoms with Gasteiger partial charge in [-0.2, -0.15) is 0 Å². The molecule has 2 aliphatic heterocycles. The number of allylic oxidation sites excluding steroid dienone is 1. The molecule has 1 aromatic carbocycles. The van der Waals surface area contributed by atoms with Gasteiger partial charge in [0.1, 0.15) is 22.7 Å². The molecule has 0 unspecified atom stereocenters. The number of piperazine rings is 1. The van der Waals surface area contributed by atoms with E-state index in [9.17, 15) is 9.90 Å². The van der Waals surface area contributed by atoms with Crippen molar-refractivity contribution >= 4 is 39.6 Å². The van der Waals surface area contributed by atoms with Crippen molar-refractivity contribution in [1.29, 1.82) is 0 Å². The molecule has 0 spiro atoms. The number of rotatable bonds is 9. The number of anilines is 1. The number of aromatic amines is 1. The molecule has 7 rings (SSSR count). The Bertz CT molecular complexity index is 1730. The lowest BCUT2D eigenvalue weighted by Crippen LogP contribution is -2.47. The standard InChI is InChI=1S/C36H43N5O4S/c1-36(2)7-5-27(31(20-36)33-17-25(24-46-33)22-40-13-15-44-16-14-40)23-39-9-11-41(12-10-39)28-3-4-30(35(42)43)32(19-28)45-29-18-26-6-8-37-34(26)38-21-29/h3-4,6,8,17-19,21,24H,5,7,9-16,20,22-23H2,1-2H3,(H,37,38)(H,42,43). The number of aromatic nitrogens is 2. The van der Waals surface area contributed by atoms with Crippen LogP contribution in [0.1, 0.15) is 53.9 Å². The van der Waals surface area contributed by atoms with Gasteiger partial charge < -0.3 is 24.5 Å². The van der Waals surface area contributed by atoms with Crippen molar-refractivity contribution in [2.45, 2.75) is 39.7 Å². The van der Waals surface area contributed by atoms with Gasteiger partial charge in [-0.3, -0.25) is 9.80 Å². The fourth-order valence-electron chi connectivity index (χ4n) is 6.91. The minimum atomic E-state index is -1.01. The van der Waals surface area contributed by atoms with Crippen molar-refractivity contribution < 1.29 is 19.4 Å². The summed E-state index contributed by atoms with van der Waals surface area (Å²) in [5.41, 5.74) is 6.78. The first-order valence-electron chi connectivity index (χ1n) is 16.3. The molecule has 10 heteroatoms. The Kier molecular flexibility index (Phi) is 8.87. The van der Waals surface area contributed by atoms with Gasteiger partial charge in [-0.25, -0.2) is 9.78 Å². The van der Waals surface area contributed by atoms with Crippen molar-refractivity contribution in [3.63, 3.8) is 0 Å². The Balaban J connectivity index is 1.03. The van der Waals surface area contributed by atoms with Crippen LogP contribution >= 0.6 is 11.3 Å². The number of carboxylic acid groups (broad SMARTS) is 1. The number of aromatic carboxylic acids is 1. The Morgan fingerprint density at radius 2 is 1.85 bits per heavy atom. The van der Waals surface area contributed by atoms with Crippen LogP contribution in [0.5, 0.6) is 11.5 Å². The SMILES string of the molecule is CC1(C)CCC(CN2CCN(c3ccc(C(=O)O)c(Oc4cnc5[nH]ccc5c4)c3)CC2)=C(c2cc(CN3CCOCC3)cs2)C1. The zero-order chi connectivity index (χ0) is 31.7. The van der Waals surface area contributed by atoms with Crippen LogP contribution in [0, 0.1) is 5.41 Å². The van der Waals surface area contributed by atoms with E-state index in [2.05, 4.69) is 50.0 Å². The summed E-state index contributed by atoms with van der Waals surface area (Å²) in [4.78, 5) is 28.4. The number of nitrogens with one attached hydrogen (secondary N) is 1. The van der Waals surface area contributed by atoms with Crippen molar-refractivity contribution in [3.8, 4) is 11.5 Å². The van der Waals surface area contributed by atoms with E-state index < -0.39 is 5.97 Å². The van der Waals surface area contributed by atoms with Crippen LogP contribution in [0.25, 0.3) is 16.6 Å². The summed E-state index contributed by atoms with van der Waals surface area (Å²) in [5, 5.41) is 13.1. The molecule has 242 valence electrons. The van der Waals surface area contributed by atoms with Gasteiger partial charge in [0.15, 0.2) is 0 Å². The summed E-state index contributed by atoms with van der Waals surface area (Å²) in [6.45, 7) is 14.2. The lowest BCUT2D eigenvalue weighted by atomic mass is 9.73. The van der Waals surface area contributed by atoms with E-state index in [1.165, 1.54) is 16.9 Å². The third-order valence-corrected chi connectivity index (χ3v) is 10.6. The van der Waals surface area contributed by atoms with E-state index in [0.717, 1.165) is 95.1 Å². The largest absolute Gasteiger partial charge is 0.478 e. The minimum Gasteiger partial charge on any atom is -0.478 e. The number of morpholine rings is 1. The molecule has 2 fully saturated rings. The molecule has 3 aliphatic rings. The highest BCUT2D eigenvalue weighted by Crippen LogP contribution is 2.45. The Morgan fingerprint density at radius 1 is 1.04 bits per heavy atom. The second-order valence-electron chi connectivity index (χ2n) is 13.6. The Hall–Kier alpha value is -3.70. The van der Waals surface area contributed by atoms with Gasteiger partial charge in [0.25, 0.3) is 0 Å². The topological polar surface area (TPSA) is 94.2 Å². The summed E-state index contributed by atoms with van der Waals surface area (Å²) in [7, 11) is 0. The maximum atomic E-state index is 12.0. The van der Waals surface area contributed by atoms with E-state index in [-0.39, 0.29) is 5.56 Å². The van der Waals surface area contributed by atoms with Crippen LogP contribution in [0.4, 0.5) is 5.69 Å². The molecule has 5 heterocycles. The predicted octanol–water partition coefficient (Wildman–Crippen LogP) is 6.73. The molecule has 2 N–H and O–H groups in total. The summed E-state index contributed by atoms with van der Waals surface area (Å²) in [6.07, 6.45) is 6.95. The smallest absolute Gasteiger partial charge is 0.339 e. The first kappa shape index (κ1) is 30.9. The van der Waals surface area contributed by atoms with E-state index in [0.29, 0.717) is 16.9 Å². The molecule has 0 saturated carbocycles. The molecule has 1 aliphatic carbocycles. The normalized spacial score (nSPS) is 19.6. The molecule has 0 atom stereocenters. The first-order chi connectivity index (χ1) is 22.3. The van der Waals surface area contributed by atoms with Crippen LogP contribution in [-0.2, 0) is 11.3 Å². The molecule has 9 nitrogen and oxygen atoms in total. The number of pyridine rings is 1. The molecule has 3 aromatic heterocycles. The van der Waals surface area contributed by atoms with Crippen LogP contribution in [0.2, 0.25) is 0 Å². The quantitative estimate of drug-likeness (QED) is 0.208. The van der Waals surface area contributed by atoms with Gasteiger partial charge in [0.2, 0.25) is 0 Å². The number of fused-ring (bicyclic) bond motifs is 1. The van der Waals surface area contributed by atoms with E-state index >= 15 is 0 Å². The molecule has 0 bridgehead atoms. The Morgan fingerprint density at radius 3 is 2.65 bits per heavy atom. The van der Waals surface area contributed by atoms with E-state index in [4.69, 9.17) is 9.47 Å². The lowest BCUT2D eigenvalue weighted by molar-refractivity contribution is 0.0342. The molecule has 4 aromatic rings.